The minimum absolute atomic E-state index is 0.00803. The Balaban J connectivity index is 2.93. The average molecular weight is 386 g/mol. The molecule has 0 spiro atoms. The normalized spacial score (nSPS) is 10.7. The zero-order valence-corrected chi connectivity index (χ0v) is 11.3. The van der Waals surface area contributed by atoms with Gasteiger partial charge in [0, 0.05) is 0 Å². The minimum atomic E-state index is -0.449. The molecule has 1 aromatic heterocycles. The van der Waals surface area contributed by atoms with E-state index in [4.69, 9.17) is 0 Å². The first-order valence-corrected chi connectivity index (χ1v) is 6.47. The molecule has 0 bridgehead atoms. The molecule has 8 heteroatoms. The Morgan fingerprint density at radius 1 is 1.29 bits per heavy atom. The fraction of sp³-hybridized carbons (Fsp3) is 0. The third kappa shape index (κ3) is 1.52. The van der Waals surface area contributed by atoms with Crippen LogP contribution in [0.3, 0.4) is 0 Å². The fourth-order valence-corrected chi connectivity index (χ4v) is 3.85. The van der Waals surface area contributed by atoms with Crippen molar-refractivity contribution >= 4 is 63.5 Å². The second kappa shape index (κ2) is 3.69. The first-order valence-electron chi connectivity index (χ1n) is 3.36. The van der Waals surface area contributed by atoms with Gasteiger partial charge in [0.15, 0.2) is 0 Å². The third-order valence-electron chi connectivity index (χ3n) is 1.60. The van der Waals surface area contributed by atoms with Crippen LogP contribution in [0.4, 0.5) is 5.69 Å². The van der Waals surface area contributed by atoms with Gasteiger partial charge in [-0.25, -0.2) is 0 Å². The molecule has 0 saturated carbocycles. The number of benzene rings is 1. The summed E-state index contributed by atoms with van der Waals surface area (Å²) in [5, 5.41) is 10.8. The summed E-state index contributed by atoms with van der Waals surface area (Å²) in [6, 6.07) is 1.62. The van der Waals surface area contributed by atoms with Gasteiger partial charge in [-0.05, 0) is 0 Å². The first-order chi connectivity index (χ1) is 6.61. The van der Waals surface area contributed by atoms with Crippen LogP contribution >= 0.6 is 31.9 Å². The van der Waals surface area contributed by atoms with Gasteiger partial charge in [0.2, 0.25) is 0 Å². The Labute approximate surface area is 101 Å². The van der Waals surface area contributed by atoms with Gasteiger partial charge >= 0.3 is 102 Å². The van der Waals surface area contributed by atoms with E-state index in [1.807, 2.05) is 0 Å². The van der Waals surface area contributed by atoms with E-state index in [1.54, 1.807) is 6.07 Å². The quantitative estimate of drug-likeness (QED) is 0.428. The van der Waals surface area contributed by atoms with Crippen molar-refractivity contribution in [2.45, 2.75) is 0 Å². The molecule has 0 amide bonds. The van der Waals surface area contributed by atoms with Gasteiger partial charge in [-0.1, -0.05) is 0 Å². The first kappa shape index (κ1) is 10.2. The van der Waals surface area contributed by atoms with Crippen molar-refractivity contribution in [2.24, 2.45) is 0 Å². The molecule has 2 aromatic rings. The van der Waals surface area contributed by atoms with Crippen molar-refractivity contribution in [2.75, 3.05) is 0 Å². The predicted molar refractivity (Wildman–Crippen MR) is 58.5 cm³/mol. The van der Waals surface area contributed by atoms with Crippen LogP contribution < -0.4 is 0 Å². The zero-order valence-electron chi connectivity index (χ0n) is 6.40. The summed E-state index contributed by atoms with van der Waals surface area (Å²) in [5.41, 5.74) is 0.947. The van der Waals surface area contributed by atoms with Gasteiger partial charge in [-0.3, -0.25) is 0 Å². The van der Waals surface area contributed by atoms with Crippen LogP contribution in [-0.2, 0) is 0 Å². The predicted octanol–water partition coefficient (Wildman–Crippen LogP) is 2.12. The Hall–Kier alpha value is -0.301. The van der Waals surface area contributed by atoms with E-state index in [-0.39, 0.29) is 20.6 Å². The molecule has 2 rings (SSSR count). The molecule has 0 aliphatic heterocycles. The van der Waals surface area contributed by atoms with Gasteiger partial charge in [-0.2, -0.15) is 0 Å². The summed E-state index contributed by atoms with van der Waals surface area (Å²) < 4.78 is 9.29. The number of halogens is 2. The van der Waals surface area contributed by atoms with Crippen molar-refractivity contribution in [3.05, 3.63) is 25.1 Å². The number of nitro groups is 1. The summed E-state index contributed by atoms with van der Waals surface area (Å²) >= 11 is 6.15. The van der Waals surface area contributed by atoms with Gasteiger partial charge in [0.25, 0.3) is 0 Å². The van der Waals surface area contributed by atoms with E-state index in [2.05, 4.69) is 39.8 Å². The molecular weight excluding hydrogens is 385 g/mol. The number of nitro benzene ring substituents is 1. The molecular formula is C6HBr2N3O2Se. The molecule has 1 heterocycles. The Kier molecular flexibility index (Phi) is 2.70. The average Bonchev–Trinajstić information content (AvgIpc) is 2.51. The van der Waals surface area contributed by atoms with Crippen molar-refractivity contribution in [1.82, 2.24) is 7.96 Å². The third-order valence-corrected chi connectivity index (χ3v) is 3.92. The van der Waals surface area contributed by atoms with E-state index < -0.39 is 4.92 Å². The summed E-state index contributed by atoms with van der Waals surface area (Å²) in [6.07, 6.45) is 0. The van der Waals surface area contributed by atoms with E-state index >= 15 is 0 Å². The van der Waals surface area contributed by atoms with Crippen molar-refractivity contribution < 1.29 is 4.92 Å². The fourth-order valence-electron chi connectivity index (χ4n) is 1.04. The summed E-state index contributed by atoms with van der Waals surface area (Å²) in [6.45, 7) is 0. The number of nitrogens with zero attached hydrogens (tertiary/aromatic N) is 3. The van der Waals surface area contributed by atoms with Crippen LogP contribution in [0.1, 0.15) is 0 Å². The molecule has 0 radical (unpaired) electrons. The number of fused-ring (bicyclic) bond motifs is 1. The molecule has 0 saturated heterocycles. The maximum atomic E-state index is 10.8. The molecule has 14 heavy (non-hydrogen) atoms. The van der Waals surface area contributed by atoms with Crippen molar-refractivity contribution in [3.63, 3.8) is 0 Å². The van der Waals surface area contributed by atoms with Crippen molar-refractivity contribution in [3.8, 4) is 0 Å². The van der Waals surface area contributed by atoms with Gasteiger partial charge < -0.3 is 0 Å². The number of hydrogen-bond acceptors (Lipinski definition) is 4. The van der Waals surface area contributed by atoms with Crippen LogP contribution in [0, 0.1) is 10.1 Å². The summed E-state index contributed by atoms with van der Waals surface area (Å²) in [5.74, 6) is 0. The molecule has 72 valence electrons. The van der Waals surface area contributed by atoms with Crippen LogP contribution in [0.5, 0.6) is 0 Å². The van der Waals surface area contributed by atoms with Crippen LogP contribution in [0.15, 0.2) is 15.0 Å². The molecule has 0 N–H and O–H groups in total. The van der Waals surface area contributed by atoms with Crippen LogP contribution in [-0.4, -0.2) is 27.8 Å². The molecule has 1 aromatic carbocycles. The van der Waals surface area contributed by atoms with Crippen LogP contribution in [0.2, 0.25) is 0 Å². The molecule has 0 aliphatic carbocycles. The standard InChI is InChI=1S/C6HBr2N3O2Se/c7-2-1-3(8)6(11(12)13)5-4(2)9-14-10-5/h1H. The molecule has 0 atom stereocenters. The van der Waals surface area contributed by atoms with Gasteiger partial charge in [0.1, 0.15) is 0 Å². The van der Waals surface area contributed by atoms with Crippen molar-refractivity contribution in [1.29, 1.82) is 0 Å². The summed E-state index contributed by atoms with van der Waals surface area (Å²) in [4.78, 5) is 10.3. The SMILES string of the molecule is O=[N+]([O-])c1c(Br)cc(Br)c2n[se]nc12. The molecule has 0 aliphatic rings. The van der Waals surface area contributed by atoms with E-state index in [1.165, 1.54) is 0 Å². The molecule has 5 nitrogen and oxygen atoms in total. The van der Waals surface area contributed by atoms with Gasteiger partial charge in [-0.15, -0.1) is 0 Å². The second-order valence-corrected chi connectivity index (χ2v) is 5.22. The molecule has 0 unspecified atom stereocenters. The zero-order chi connectivity index (χ0) is 10.3. The van der Waals surface area contributed by atoms with Crippen LogP contribution in [0.25, 0.3) is 11.0 Å². The second-order valence-electron chi connectivity index (χ2n) is 2.41. The van der Waals surface area contributed by atoms with E-state index in [0.29, 0.717) is 15.5 Å². The monoisotopic (exact) mass is 385 g/mol. The molecule has 0 fully saturated rings. The summed E-state index contributed by atoms with van der Waals surface area (Å²) in [7, 11) is 0. The number of hydrogen-bond donors (Lipinski definition) is 0. The Bertz CT molecular complexity index is 527. The Morgan fingerprint density at radius 3 is 2.57 bits per heavy atom. The topological polar surface area (TPSA) is 68.9 Å². The van der Waals surface area contributed by atoms with E-state index in [0.717, 1.165) is 4.47 Å². The van der Waals surface area contributed by atoms with E-state index in [9.17, 15) is 10.1 Å². The maximum absolute atomic E-state index is 10.8. The number of rotatable bonds is 1. The number of aromatic nitrogens is 2. The van der Waals surface area contributed by atoms with Gasteiger partial charge in [0.05, 0.1) is 0 Å². The Morgan fingerprint density at radius 2 is 1.93 bits per heavy atom.